The number of carbonyl (C=O) groups excluding carboxylic acids is 1. The summed E-state index contributed by atoms with van der Waals surface area (Å²) in [5, 5.41) is 16.3. The molecule has 0 atom stereocenters. The molecule has 2 rings (SSSR count). The standard InChI is InChI=1S/C12H10ClNO2S/c13-11-2-1-9(15)5-10(11)12(16)14-6-8-3-4-17-7-8/h1-5,7,15H,6H2,(H,14,16). The van der Waals surface area contributed by atoms with Crippen molar-refractivity contribution in [2.24, 2.45) is 0 Å². The Bertz CT molecular complexity index is 525. The van der Waals surface area contributed by atoms with Crippen LogP contribution in [0.25, 0.3) is 0 Å². The summed E-state index contributed by atoms with van der Waals surface area (Å²) in [5.74, 6) is -0.271. The van der Waals surface area contributed by atoms with Gasteiger partial charge in [0.05, 0.1) is 10.6 Å². The molecule has 1 aromatic heterocycles. The van der Waals surface area contributed by atoms with E-state index in [1.54, 1.807) is 11.3 Å². The molecule has 0 radical (unpaired) electrons. The monoisotopic (exact) mass is 267 g/mol. The smallest absolute Gasteiger partial charge is 0.253 e. The van der Waals surface area contributed by atoms with E-state index in [9.17, 15) is 9.90 Å². The summed E-state index contributed by atoms with van der Waals surface area (Å²) in [6.07, 6.45) is 0. The van der Waals surface area contributed by atoms with Gasteiger partial charge in [0.1, 0.15) is 5.75 Å². The van der Waals surface area contributed by atoms with Crippen LogP contribution in [-0.4, -0.2) is 11.0 Å². The van der Waals surface area contributed by atoms with E-state index in [1.165, 1.54) is 18.2 Å². The zero-order valence-corrected chi connectivity index (χ0v) is 10.4. The third-order valence-corrected chi connectivity index (χ3v) is 3.29. The first-order chi connectivity index (χ1) is 8.16. The van der Waals surface area contributed by atoms with E-state index in [4.69, 9.17) is 11.6 Å². The van der Waals surface area contributed by atoms with Gasteiger partial charge in [-0.15, -0.1) is 0 Å². The number of rotatable bonds is 3. The summed E-state index contributed by atoms with van der Waals surface area (Å²) >= 11 is 7.46. The fourth-order valence-corrected chi connectivity index (χ4v) is 2.23. The first kappa shape index (κ1) is 12.0. The van der Waals surface area contributed by atoms with Gasteiger partial charge in [-0.05, 0) is 40.6 Å². The normalized spacial score (nSPS) is 10.2. The molecule has 0 saturated heterocycles. The molecule has 1 aromatic carbocycles. The molecule has 2 N–H and O–H groups in total. The number of halogens is 1. The Morgan fingerprint density at radius 1 is 1.41 bits per heavy atom. The van der Waals surface area contributed by atoms with Crippen LogP contribution in [0.1, 0.15) is 15.9 Å². The van der Waals surface area contributed by atoms with Crippen LogP contribution in [-0.2, 0) is 6.54 Å². The maximum absolute atomic E-state index is 11.8. The maximum atomic E-state index is 11.8. The molecule has 0 aliphatic carbocycles. The average Bonchev–Trinajstić information content (AvgIpc) is 2.82. The summed E-state index contributed by atoms with van der Waals surface area (Å²) in [5.41, 5.74) is 1.32. The molecule has 3 nitrogen and oxygen atoms in total. The van der Waals surface area contributed by atoms with Gasteiger partial charge in [-0.1, -0.05) is 11.6 Å². The van der Waals surface area contributed by atoms with Crippen molar-refractivity contribution in [2.45, 2.75) is 6.54 Å². The molecule has 0 aliphatic rings. The molecule has 1 amide bonds. The number of phenols is 1. The third kappa shape index (κ3) is 2.99. The number of aromatic hydroxyl groups is 1. The highest BCUT2D eigenvalue weighted by Crippen LogP contribution is 2.21. The van der Waals surface area contributed by atoms with Gasteiger partial charge >= 0.3 is 0 Å². The van der Waals surface area contributed by atoms with Crippen LogP contribution in [0.3, 0.4) is 0 Å². The number of carbonyl (C=O) groups is 1. The summed E-state index contributed by atoms with van der Waals surface area (Å²) in [6, 6.07) is 6.23. The number of hydrogen-bond acceptors (Lipinski definition) is 3. The van der Waals surface area contributed by atoms with Crippen LogP contribution in [0.5, 0.6) is 5.75 Å². The number of thiophene rings is 1. The molecule has 88 valence electrons. The summed E-state index contributed by atoms with van der Waals surface area (Å²) in [7, 11) is 0. The topological polar surface area (TPSA) is 49.3 Å². The molecule has 5 heteroatoms. The van der Waals surface area contributed by atoms with E-state index in [1.807, 2.05) is 16.8 Å². The van der Waals surface area contributed by atoms with Crippen LogP contribution in [0.4, 0.5) is 0 Å². The highest BCUT2D eigenvalue weighted by atomic mass is 35.5. The second kappa shape index (κ2) is 5.21. The fraction of sp³-hybridized carbons (Fsp3) is 0.0833. The summed E-state index contributed by atoms with van der Waals surface area (Å²) in [6.45, 7) is 0.453. The number of benzene rings is 1. The Morgan fingerprint density at radius 3 is 2.94 bits per heavy atom. The van der Waals surface area contributed by atoms with Crippen molar-refractivity contribution >= 4 is 28.8 Å². The van der Waals surface area contributed by atoms with Gasteiger partial charge < -0.3 is 10.4 Å². The van der Waals surface area contributed by atoms with Gasteiger partial charge in [-0.2, -0.15) is 11.3 Å². The van der Waals surface area contributed by atoms with E-state index in [2.05, 4.69) is 5.32 Å². The Labute approximate surface area is 108 Å². The van der Waals surface area contributed by atoms with Crippen molar-refractivity contribution in [3.63, 3.8) is 0 Å². The van der Waals surface area contributed by atoms with Crippen LogP contribution in [0.2, 0.25) is 5.02 Å². The molecule has 0 unspecified atom stereocenters. The quantitative estimate of drug-likeness (QED) is 0.898. The Kier molecular flexibility index (Phi) is 3.66. The molecule has 0 spiro atoms. The van der Waals surface area contributed by atoms with Crippen LogP contribution >= 0.6 is 22.9 Å². The lowest BCUT2D eigenvalue weighted by Crippen LogP contribution is -2.22. The van der Waals surface area contributed by atoms with Gasteiger partial charge in [-0.3, -0.25) is 4.79 Å². The molecular weight excluding hydrogens is 258 g/mol. The second-order valence-corrected chi connectivity index (χ2v) is 4.67. The highest BCUT2D eigenvalue weighted by Gasteiger charge is 2.10. The molecular formula is C12H10ClNO2S. The van der Waals surface area contributed by atoms with Crippen LogP contribution in [0, 0.1) is 0 Å². The number of amides is 1. The van der Waals surface area contributed by atoms with Crippen LogP contribution < -0.4 is 5.32 Å². The van der Waals surface area contributed by atoms with Crippen molar-refractivity contribution in [3.8, 4) is 5.75 Å². The van der Waals surface area contributed by atoms with Gasteiger partial charge in [0.2, 0.25) is 0 Å². The highest BCUT2D eigenvalue weighted by molar-refractivity contribution is 7.07. The van der Waals surface area contributed by atoms with E-state index in [-0.39, 0.29) is 17.2 Å². The van der Waals surface area contributed by atoms with Crippen LogP contribution in [0.15, 0.2) is 35.0 Å². The summed E-state index contributed by atoms with van der Waals surface area (Å²) < 4.78 is 0. The predicted molar refractivity (Wildman–Crippen MR) is 68.6 cm³/mol. The van der Waals surface area contributed by atoms with Crippen molar-refractivity contribution < 1.29 is 9.90 Å². The molecule has 1 heterocycles. The van der Waals surface area contributed by atoms with Gasteiger partial charge in [0.15, 0.2) is 0 Å². The number of hydrogen-bond donors (Lipinski definition) is 2. The number of nitrogens with one attached hydrogen (secondary N) is 1. The third-order valence-electron chi connectivity index (χ3n) is 2.23. The van der Waals surface area contributed by atoms with Crippen molar-refractivity contribution in [2.75, 3.05) is 0 Å². The lowest BCUT2D eigenvalue weighted by atomic mass is 10.2. The molecule has 2 aromatic rings. The largest absolute Gasteiger partial charge is 0.508 e. The fourth-order valence-electron chi connectivity index (χ4n) is 1.36. The van der Waals surface area contributed by atoms with Crippen molar-refractivity contribution in [3.05, 3.63) is 51.2 Å². The van der Waals surface area contributed by atoms with E-state index in [0.717, 1.165) is 5.56 Å². The first-order valence-electron chi connectivity index (χ1n) is 4.94. The average molecular weight is 268 g/mol. The predicted octanol–water partition coefficient (Wildman–Crippen LogP) is 3.04. The SMILES string of the molecule is O=C(NCc1ccsc1)c1cc(O)ccc1Cl. The zero-order chi connectivity index (χ0) is 12.3. The molecule has 0 aliphatic heterocycles. The lowest BCUT2D eigenvalue weighted by molar-refractivity contribution is 0.0950. The van der Waals surface area contributed by atoms with E-state index >= 15 is 0 Å². The van der Waals surface area contributed by atoms with E-state index in [0.29, 0.717) is 11.6 Å². The van der Waals surface area contributed by atoms with Gasteiger partial charge in [-0.25, -0.2) is 0 Å². The van der Waals surface area contributed by atoms with Crippen molar-refractivity contribution in [1.82, 2.24) is 5.32 Å². The molecule has 0 saturated carbocycles. The Morgan fingerprint density at radius 2 is 2.24 bits per heavy atom. The molecule has 17 heavy (non-hydrogen) atoms. The Hall–Kier alpha value is -1.52. The minimum Gasteiger partial charge on any atom is -0.508 e. The zero-order valence-electron chi connectivity index (χ0n) is 8.81. The number of phenolic OH excluding ortho intramolecular Hbond substituents is 1. The second-order valence-electron chi connectivity index (χ2n) is 3.48. The molecule has 0 fully saturated rings. The minimum absolute atomic E-state index is 0.0232. The lowest BCUT2D eigenvalue weighted by Gasteiger charge is -2.06. The van der Waals surface area contributed by atoms with Gasteiger partial charge in [0.25, 0.3) is 5.91 Å². The Balaban J connectivity index is 2.07. The van der Waals surface area contributed by atoms with E-state index < -0.39 is 0 Å². The first-order valence-corrected chi connectivity index (χ1v) is 6.26. The van der Waals surface area contributed by atoms with Gasteiger partial charge in [0, 0.05) is 6.54 Å². The minimum atomic E-state index is -0.294. The van der Waals surface area contributed by atoms with Crippen molar-refractivity contribution in [1.29, 1.82) is 0 Å². The summed E-state index contributed by atoms with van der Waals surface area (Å²) in [4.78, 5) is 11.8. The maximum Gasteiger partial charge on any atom is 0.253 e. The molecule has 0 bridgehead atoms.